The van der Waals surface area contributed by atoms with Gasteiger partial charge in [0.2, 0.25) is 0 Å². The van der Waals surface area contributed by atoms with Crippen LogP contribution >= 0.6 is 11.6 Å². The van der Waals surface area contributed by atoms with Crippen LogP contribution in [0.1, 0.15) is 28.7 Å². The summed E-state index contributed by atoms with van der Waals surface area (Å²) < 4.78 is 37.8. The third-order valence-electron chi connectivity index (χ3n) is 4.20. The summed E-state index contributed by atoms with van der Waals surface area (Å²) in [4.78, 5) is 21.0. The van der Waals surface area contributed by atoms with E-state index in [1.54, 1.807) is 12.1 Å². The molecular weight excluding hydrogens is 405 g/mol. The van der Waals surface area contributed by atoms with E-state index >= 15 is 0 Å². The van der Waals surface area contributed by atoms with Crippen molar-refractivity contribution in [3.05, 3.63) is 64.4 Å². The van der Waals surface area contributed by atoms with Crippen LogP contribution in [0.3, 0.4) is 0 Å². The molecule has 0 bridgehead atoms. The summed E-state index contributed by atoms with van der Waals surface area (Å²) >= 11 is 6.03. The Morgan fingerprint density at radius 2 is 1.79 bits per heavy atom. The average Bonchev–Trinajstić information content (AvgIpc) is 2.69. The molecule has 0 fully saturated rings. The fourth-order valence-corrected chi connectivity index (χ4v) is 2.88. The van der Waals surface area contributed by atoms with E-state index < -0.39 is 17.6 Å². The zero-order valence-electron chi connectivity index (χ0n) is 15.5. The van der Waals surface area contributed by atoms with Crippen LogP contribution in [-0.4, -0.2) is 29.0 Å². The molecule has 1 amide bonds. The Kier molecular flexibility index (Phi) is 6.22. The van der Waals surface area contributed by atoms with E-state index in [9.17, 15) is 18.0 Å². The number of benzene rings is 2. The Morgan fingerprint density at radius 3 is 2.45 bits per heavy atom. The van der Waals surface area contributed by atoms with Gasteiger partial charge < -0.3 is 10.6 Å². The molecule has 9 heteroatoms. The second kappa shape index (κ2) is 8.65. The number of nitrogens with one attached hydrogen (secondary N) is 2. The van der Waals surface area contributed by atoms with Crippen LogP contribution in [0, 0.1) is 0 Å². The normalized spacial score (nSPS) is 11.5. The zero-order valence-corrected chi connectivity index (χ0v) is 16.2. The Balaban J connectivity index is 1.61. The van der Waals surface area contributed by atoms with Gasteiger partial charge in [-0.25, -0.2) is 9.97 Å². The van der Waals surface area contributed by atoms with Gasteiger partial charge in [0.05, 0.1) is 11.1 Å². The first-order valence-electron chi connectivity index (χ1n) is 8.93. The Morgan fingerprint density at radius 1 is 1.07 bits per heavy atom. The molecule has 3 rings (SSSR count). The molecule has 152 valence electrons. The standard InChI is InChI=1S/C20H18ClF3N4O/c1-2-17-27-16-11-14(21)7-8-15(16)18(28-17)25-9-10-26-19(29)12-3-5-13(6-4-12)20(22,23)24/h3-8,11H,2,9-10H2,1H3,(H,26,29)(H,25,27,28). The maximum atomic E-state index is 12.6. The van der Waals surface area contributed by atoms with Gasteiger partial charge in [-0.2, -0.15) is 13.2 Å². The van der Waals surface area contributed by atoms with Gasteiger partial charge in [0.1, 0.15) is 11.6 Å². The number of rotatable bonds is 6. The lowest BCUT2D eigenvalue weighted by molar-refractivity contribution is -0.137. The highest BCUT2D eigenvalue weighted by Crippen LogP contribution is 2.29. The number of aryl methyl sites for hydroxylation is 1. The Bertz CT molecular complexity index is 1020. The number of carbonyl (C=O) groups is 1. The number of carbonyl (C=O) groups excluding carboxylic acids is 1. The topological polar surface area (TPSA) is 66.9 Å². The van der Waals surface area contributed by atoms with Crippen molar-refractivity contribution in [3.8, 4) is 0 Å². The largest absolute Gasteiger partial charge is 0.416 e. The molecule has 2 N–H and O–H groups in total. The van der Waals surface area contributed by atoms with E-state index in [-0.39, 0.29) is 12.1 Å². The van der Waals surface area contributed by atoms with Crippen molar-refractivity contribution in [2.75, 3.05) is 18.4 Å². The number of aromatic nitrogens is 2. The SMILES string of the molecule is CCc1nc(NCCNC(=O)c2ccc(C(F)(F)F)cc2)c2ccc(Cl)cc2n1. The van der Waals surface area contributed by atoms with Gasteiger partial charge in [-0.1, -0.05) is 18.5 Å². The van der Waals surface area contributed by atoms with Gasteiger partial charge in [0.25, 0.3) is 5.91 Å². The van der Waals surface area contributed by atoms with Crippen LogP contribution in [0.5, 0.6) is 0 Å². The average molecular weight is 423 g/mol. The summed E-state index contributed by atoms with van der Waals surface area (Å²) in [6, 6.07) is 9.41. The third kappa shape index (κ3) is 5.14. The zero-order chi connectivity index (χ0) is 21.0. The molecule has 0 saturated heterocycles. The molecule has 0 radical (unpaired) electrons. The van der Waals surface area contributed by atoms with Crippen LogP contribution in [0.15, 0.2) is 42.5 Å². The summed E-state index contributed by atoms with van der Waals surface area (Å²) in [6.45, 7) is 2.59. The first-order chi connectivity index (χ1) is 13.8. The summed E-state index contributed by atoms with van der Waals surface area (Å²) in [7, 11) is 0. The molecule has 0 aliphatic rings. The molecule has 1 heterocycles. The monoisotopic (exact) mass is 422 g/mol. The number of hydrogen-bond donors (Lipinski definition) is 2. The minimum atomic E-state index is -4.43. The van der Waals surface area contributed by atoms with Gasteiger partial charge in [-0.05, 0) is 42.5 Å². The number of nitrogens with zero attached hydrogens (tertiary/aromatic N) is 2. The molecule has 0 saturated carbocycles. The number of halogens is 4. The summed E-state index contributed by atoms with van der Waals surface area (Å²) in [6.07, 6.45) is -3.78. The van der Waals surface area contributed by atoms with Gasteiger partial charge in [0, 0.05) is 35.5 Å². The lowest BCUT2D eigenvalue weighted by Gasteiger charge is -2.12. The number of amides is 1. The number of alkyl halides is 3. The predicted octanol–water partition coefficient (Wildman–Crippen LogP) is 4.71. The van der Waals surface area contributed by atoms with Gasteiger partial charge in [0.15, 0.2) is 0 Å². The second-order valence-electron chi connectivity index (χ2n) is 6.26. The van der Waals surface area contributed by atoms with E-state index in [1.165, 1.54) is 0 Å². The van der Waals surface area contributed by atoms with Crippen LogP contribution in [0.4, 0.5) is 19.0 Å². The van der Waals surface area contributed by atoms with Gasteiger partial charge >= 0.3 is 6.18 Å². The first-order valence-corrected chi connectivity index (χ1v) is 9.31. The summed E-state index contributed by atoms with van der Waals surface area (Å²) in [5.74, 6) is 0.845. The highest BCUT2D eigenvalue weighted by Gasteiger charge is 2.30. The smallest absolute Gasteiger partial charge is 0.368 e. The lowest BCUT2D eigenvalue weighted by Crippen LogP contribution is -2.29. The molecule has 0 atom stereocenters. The molecule has 0 spiro atoms. The van der Waals surface area contributed by atoms with Crippen molar-refractivity contribution in [3.63, 3.8) is 0 Å². The minimum Gasteiger partial charge on any atom is -0.368 e. The van der Waals surface area contributed by atoms with E-state index in [0.717, 1.165) is 35.2 Å². The van der Waals surface area contributed by atoms with E-state index in [0.29, 0.717) is 29.6 Å². The fraction of sp³-hybridized carbons (Fsp3) is 0.250. The number of anilines is 1. The van der Waals surface area contributed by atoms with E-state index in [1.807, 2.05) is 13.0 Å². The van der Waals surface area contributed by atoms with E-state index in [2.05, 4.69) is 20.6 Å². The highest BCUT2D eigenvalue weighted by molar-refractivity contribution is 6.31. The third-order valence-corrected chi connectivity index (χ3v) is 4.43. The fourth-order valence-electron chi connectivity index (χ4n) is 2.71. The van der Waals surface area contributed by atoms with Crippen LogP contribution < -0.4 is 10.6 Å². The van der Waals surface area contributed by atoms with E-state index in [4.69, 9.17) is 11.6 Å². The summed E-state index contributed by atoms with van der Waals surface area (Å²) in [5, 5.41) is 7.21. The quantitative estimate of drug-likeness (QED) is 0.565. The number of hydrogen-bond acceptors (Lipinski definition) is 4. The first kappa shape index (κ1) is 20.9. The molecule has 5 nitrogen and oxygen atoms in total. The Labute approximate surface area is 170 Å². The van der Waals surface area contributed by atoms with Crippen molar-refractivity contribution in [2.24, 2.45) is 0 Å². The minimum absolute atomic E-state index is 0.161. The lowest BCUT2D eigenvalue weighted by atomic mass is 10.1. The summed E-state index contributed by atoms with van der Waals surface area (Å²) in [5.41, 5.74) is 0.0900. The van der Waals surface area contributed by atoms with Crippen LogP contribution in [-0.2, 0) is 12.6 Å². The van der Waals surface area contributed by atoms with Crippen molar-refractivity contribution in [1.29, 1.82) is 0 Å². The van der Waals surface area contributed by atoms with Gasteiger partial charge in [-0.3, -0.25) is 4.79 Å². The number of fused-ring (bicyclic) bond motifs is 1. The molecule has 2 aromatic carbocycles. The molecular formula is C20H18ClF3N4O. The maximum absolute atomic E-state index is 12.6. The van der Waals surface area contributed by atoms with Crippen molar-refractivity contribution < 1.29 is 18.0 Å². The molecule has 29 heavy (non-hydrogen) atoms. The molecule has 0 aliphatic heterocycles. The molecule has 0 unspecified atom stereocenters. The highest BCUT2D eigenvalue weighted by atomic mass is 35.5. The maximum Gasteiger partial charge on any atom is 0.416 e. The van der Waals surface area contributed by atoms with Crippen LogP contribution in [0.25, 0.3) is 10.9 Å². The predicted molar refractivity (Wildman–Crippen MR) is 106 cm³/mol. The molecule has 1 aromatic heterocycles. The molecule has 3 aromatic rings. The van der Waals surface area contributed by atoms with Crippen LogP contribution in [0.2, 0.25) is 5.02 Å². The van der Waals surface area contributed by atoms with Gasteiger partial charge in [-0.15, -0.1) is 0 Å². The Hall–Kier alpha value is -2.87. The van der Waals surface area contributed by atoms with Crippen molar-refractivity contribution >= 4 is 34.2 Å². The van der Waals surface area contributed by atoms with Crippen molar-refractivity contribution in [2.45, 2.75) is 19.5 Å². The van der Waals surface area contributed by atoms with Crippen molar-refractivity contribution in [1.82, 2.24) is 15.3 Å². The molecule has 0 aliphatic carbocycles. The second-order valence-corrected chi connectivity index (χ2v) is 6.70.